The van der Waals surface area contributed by atoms with Gasteiger partial charge in [-0.15, -0.1) is 0 Å². The quantitative estimate of drug-likeness (QED) is 0.0366. The second-order valence-electron chi connectivity index (χ2n) is 16.8. The lowest BCUT2D eigenvalue weighted by atomic mass is 10.0. The van der Waals surface area contributed by atoms with Crippen LogP contribution in [0.1, 0.15) is 220 Å². The van der Waals surface area contributed by atoms with E-state index in [4.69, 9.17) is 13.6 Å². The molecule has 0 bridgehead atoms. The first-order valence-corrected chi connectivity index (χ1v) is 26.0. The molecule has 7 heteroatoms. The van der Waals surface area contributed by atoms with Crippen LogP contribution in [0.5, 0.6) is 0 Å². The second-order valence-corrected chi connectivity index (χ2v) is 20.2. The van der Waals surface area contributed by atoms with Gasteiger partial charge in [-0.1, -0.05) is 188 Å². The molecule has 314 valence electrons. The van der Waals surface area contributed by atoms with Gasteiger partial charge in [0.05, 0.1) is 13.2 Å². The van der Waals surface area contributed by atoms with E-state index in [1.807, 2.05) is 0 Å². The van der Waals surface area contributed by atoms with Crippen LogP contribution >= 0.6 is 0 Å². The maximum absolute atomic E-state index is 9.21. The van der Waals surface area contributed by atoms with Gasteiger partial charge in [0, 0.05) is 26.3 Å². The van der Waals surface area contributed by atoms with Crippen LogP contribution in [0.3, 0.4) is 0 Å². The molecule has 0 rings (SSSR count). The predicted octanol–water partition coefficient (Wildman–Crippen LogP) is 13.1. The van der Waals surface area contributed by atoms with Crippen molar-refractivity contribution in [2.75, 3.05) is 46.1 Å². The number of unbranched alkanes of at least 4 members (excludes halogenated alkanes) is 26. The van der Waals surface area contributed by atoms with Gasteiger partial charge in [-0.05, 0) is 57.7 Å². The van der Waals surface area contributed by atoms with Crippen molar-refractivity contribution in [3.63, 3.8) is 0 Å². The Morgan fingerprint density at radius 1 is 0.462 bits per heavy atom. The van der Waals surface area contributed by atoms with Crippen LogP contribution in [0.15, 0.2) is 0 Å². The van der Waals surface area contributed by atoms with Crippen molar-refractivity contribution >= 4 is 8.56 Å². The topological polar surface area (TPSA) is 71.4 Å². The molecule has 1 atom stereocenters. The Labute approximate surface area is 327 Å². The lowest BCUT2D eigenvalue weighted by molar-refractivity contribution is -0.104. The maximum Gasteiger partial charge on any atom is 0.333 e. The molecule has 0 aliphatic rings. The normalized spacial score (nSPS) is 12.9. The second kappa shape index (κ2) is 40.6. The summed E-state index contributed by atoms with van der Waals surface area (Å²) in [5, 5.41) is 18.4. The van der Waals surface area contributed by atoms with Crippen LogP contribution in [0.4, 0.5) is 0 Å². The molecule has 0 aromatic rings. The van der Waals surface area contributed by atoms with Crippen molar-refractivity contribution in [1.82, 2.24) is 4.90 Å². The third-order valence-corrected chi connectivity index (χ3v) is 12.3. The summed E-state index contributed by atoms with van der Waals surface area (Å²) < 4.78 is 19.4. The predicted molar refractivity (Wildman–Crippen MR) is 229 cm³/mol. The van der Waals surface area contributed by atoms with Crippen molar-refractivity contribution < 1.29 is 23.8 Å². The average molecular weight is 758 g/mol. The van der Waals surface area contributed by atoms with Crippen molar-refractivity contribution in [3.05, 3.63) is 0 Å². The summed E-state index contributed by atoms with van der Waals surface area (Å²) in [6.45, 7) is 15.4. The molecule has 1 unspecified atom stereocenters. The highest BCUT2D eigenvalue weighted by molar-refractivity contribution is 6.64. The summed E-state index contributed by atoms with van der Waals surface area (Å²) in [4.78, 5) is 2.14. The van der Waals surface area contributed by atoms with Crippen LogP contribution in [0, 0.1) is 5.92 Å². The van der Waals surface area contributed by atoms with Crippen molar-refractivity contribution in [2.24, 2.45) is 5.92 Å². The zero-order chi connectivity index (χ0) is 38.2. The molecular weight excluding hydrogens is 663 g/mol. The molecule has 0 radical (unpaired) electrons. The Kier molecular flexibility index (Phi) is 40.6. The van der Waals surface area contributed by atoms with Gasteiger partial charge in [0.2, 0.25) is 0 Å². The fourth-order valence-electron chi connectivity index (χ4n) is 7.22. The maximum atomic E-state index is 9.21. The number of rotatable bonds is 44. The summed E-state index contributed by atoms with van der Waals surface area (Å²) >= 11 is 0. The Balaban J connectivity index is 4.29. The minimum absolute atomic E-state index is 0.136. The van der Waals surface area contributed by atoms with Crippen LogP contribution in [0.2, 0.25) is 13.1 Å². The van der Waals surface area contributed by atoms with Crippen molar-refractivity contribution in [2.45, 2.75) is 239 Å². The first-order chi connectivity index (χ1) is 25.3. The lowest BCUT2D eigenvalue weighted by Crippen LogP contribution is -2.40. The van der Waals surface area contributed by atoms with Gasteiger partial charge in [-0.3, -0.25) is 4.90 Å². The molecule has 0 heterocycles. The zero-order valence-corrected chi connectivity index (χ0v) is 37.1. The molecule has 2 N–H and O–H groups in total. The Morgan fingerprint density at radius 3 is 1.29 bits per heavy atom. The summed E-state index contributed by atoms with van der Waals surface area (Å²) in [6, 6.07) is 0. The van der Waals surface area contributed by atoms with E-state index in [0.717, 1.165) is 64.2 Å². The molecule has 0 fully saturated rings. The summed E-state index contributed by atoms with van der Waals surface area (Å²) in [6.07, 6.45) is 40.9. The number of aliphatic hydroxyl groups is 2. The number of aliphatic hydroxyl groups excluding tert-OH is 2. The van der Waals surface area contributed by atoms with Crippen LogP contribution < -0.4 is 0 Å². The Morgan fingerprint density at radius 2 is 0.846 bits per heavy atom. The molecule has 0 aromatic heterocycles. The van der Waals surface area contributed by atoms with Crippen LogP contribution in [0.25, 0.3) is 0 Å². The highest BCUT2D eigenvalue weighted by atomic mass is 28.4. The van der Waals surface area contributed by atoms with Gasteiger partial charge >= 0.3 is 8.56 Å². The highest BCUT2D eigenvalue weighted by Gasteiger charge is 2.29. The highest BCUT2D eigenvalue weighted by Crippen LogP contribution is 2.20. The van der Waals surface area contributed by atoms with Gasteiger partial charge in [-0.25, -0.2) is 0 Å². The fraction of sp³-hybridized carbons (Fsp3) is 1.00. The SMILES string of the molecule is CCCCCCCCCCCCCCCCOC(CCCCCCCCCCCCCC(C)C)O[Si](C)(C)OCCCCCCN(CCO)CCO. The zero-order valence-electron chi connectivity index (χ0n) is 36.1. The van der Waals surface area contributed by atoms with Crippen molar-refractivity contribution in [1.29, 1.82) is 0 Å². The third-order valence-electron chi connectivity index (χ3n) is 10.6. The van der Waals surface area contributed by atoms with E-state index in [2.05, 4.69) is 38.8 Å². The largest absolute Gasteiger partial charge is 0.395 e. The molecule has 0 aromatic carbocycles. The molecule has 0 spiro atoms. The molecule has 0 saturated heterocycles. The molecule has 0 saturated carbocycles. The van der Waals surface area contributed by atoms with E-state index in [1.54, 1.807) is 0 Å². The lowest BCUT2D eigenvalue weighted by Gasteiger charge is -2.29. The fourth-order valence-corrected chi connectivity index (χ4v) is 8.74. The van der Waals surface area contributed by atoms with Gasteiger partial charge in [0.15, 0.2) is 0 Å². The van der Waals surface area contributed by atoms with Gasteiger partial charge in [0.25, 0.3) is 0 Å². The first kappa shape index (κ1) is 52.0. The smallest absolute Gasteiger partial charge is 0.333 e. The van der Waals surface area contributed by atoms with Crippen LogP contribution in [-0.4, -0.2) is 76.0 Å². The van der Waals surface area contributed by atoms with Crippen LogP contribution in [-0.2, 0) is 13.6 Å². The van der Waals surface area contributed by atoms with E-state index in [9.17, 15) is 10.2 Å². The summed E-state index contributed by atoms with van der Waals surface area (Å²) in [7, 11) is -2.28. The Bertz CT molecular complexity index is 676. The van der Waals surface area contributed by atoms with E-state index >= 15 is 0 Å². The van der Waals surface area contributed by atoms with E-state index in [1.165, 1.54) is 161 Å². The molecule has 6 nitrogen and oxygen atoms in total. The first-order valence-electron chi connectivity index (χ1n) is 23.2. The molecule has 52 heavy (non-hydrogen) atoms. The molecule has 0 aliphatic heterocycles. The van der Waals surface area contributed by atoms with E-state index < -0.39 is 8.56 Å². The minimum Gasteiger partial charge on any atom is -0.395 e. The van der Waals surface area contributed by atoms with Gasteiger partial charge in [0.1, 0.15) is 6.29 Å². The molecule has 0 amide bonds. The molecule has 0 aliphatic carbocycles. The number of hydrogen-bond acceptors (Lipinski definition) is 6. The molecular formula is C45H95NO5Si. The number of hydrogen-bond donors (Lipinski definition) is 2. The Hall–Kier alpha value is -0.0231. The monoisotopic (exact) mass is 758 g/mol. The minimum atomic E-state index is -2.28. The van der Waals surface area contributed by atoms with Gasteiger partial charge in [-0.2, -0.15) is 0 Å². The average Bonchev–Trinajstić information content (AvgIpc) is 3.11. The number of ether oxygens (including phenoxy) is 1. The van der Waals surface area contributed by atoms with Gasteiger partial charge < -0.3 is 23.8 Å². The van der Waals surface area contributed by atoms with Crippen molar-refractivity contribution in [3.8, 4) is 0 Å². The van der Waals surface area contributed by atoms with E-state index in [-0.39, 0.29) is 19.5 Å². The summed E-state index contributed by atoms with van der Waals surface area (Å²) in [5.74, 6) is 0.857. The summed E-state index contributed by atoms with van der Waals surface area (Å²) in [5.41, 5.74) is 0. The number of nitrogens with zero attached hydrogens (tertiary/aromatic N) is 1. The standard InChI is InChI=1S/C45H95NO5Si/c1-6-7-8-9-10-11-12-13-14-18-21-24-28-33-42-49-45(36-31-26-23-20-17-15-16-19-22-25-30-35-44(2)3)51-52(4,5)50-43-34-29-27-32-37-46(38-40-47)39-41-48/h44-45,47-48H,6-43H2,1-5H3. The third kappa shape index (κ3) is 39.7. The van der Waals surface area contributed by atoms with E-state index in [0.29, 0.717) is 13.1 Å².